The number of carbonyl (C=O) groups is 1. The van der Waals surface area contributed by atoms with E-state index in [4.69, 9.17) is 23.1 Å². The minimum absolute atomic E-state index is 0.0692. The van der Waals surface area contributed by atoms with Crippen LogP contribution in [0.1, 0.15) is 10.5 Å². The number of benzene rings is 1. The molecule has 0 radical (unpaired) electrons. The first-order chi connectivity index (χ1) is 7.99. The van der Waals surface area contributed by atoms with Crippen LogP contribution in [0.4, 0.5) is 10.1 Å². The summed E-state index contributed by atoms with van der Waals surface area (Å²) in [7, 11) is 0. The smallest absolute Gasteiger partial charge is 0.269 e. The first-order valence-corrected chi connectivity index (χ1v) is 4.97. The summed E-state index contributed by atoms with van der Waals surface area (Å²) >= 11 is 5.57. The van der Waals surface area contributed by atoms with Crippen LogP contribution in [0, 0.1) is 5.82 Å². The number of halogens is 2. The van der Waals surface area contributed by atoms with Gasteiger partial charge >= 0.3 is 0 Å². The van der Waals surface area contributed by atoms with Crippen LogP contribution >= 0.6 is 11.6 Å². The van der Waals surface area contributed by atoms with Crippen LogP contribution in [0.25, 0.3) is 5.69 Å². The Morgan fingerprint density at radius 1 is 1.47 bits per heavy atom. The summed E-state index contributed by atoms with van der Waals surface area (Å²) in [5, 5.41) is 3.79. The van der Waals surface area contributed by atoms with Gasteiger partial charge < -0.3 is 11.5 Å². The molecule has 5 nitrogen and oxygen atoms in total. The maximum Gasteiger partial charge on any atom is 0.269 e. The molecule has 0 unspecified atom stereocenters. The number of nitrogens with zero attached hydrogens (tertiary/aromatic N) is 2. The molecule has 1 amide bonds. The first-order valence-electron chi connectivity index (χ1n) is 4.59. The fourth-order valence-corrected chi connectivity index (χ4v) is 1.51. The number of carbonyl (C=O) groups excluding carboxylic acids is 1. The number of primary amides is 1. The summed E-state index contributed by atoms with van der Waals surface area (Å²) in [5.74, 6) is -1.29. The highest BCUT2D eigenvalue weighted by Gasteiger charge is 2.11. The van der Waals surface area contributed by atoms with Crippen LogP contribution in [0.15, 0.2) is 24.4 Å². The zero-order valence-corrected chi connectivity index (χ0v) is 9.28. The lowest BCUT2D eigenvalue weighted by molar-refractivity contribution is 0.0995. The first kappa shape index (κ1) is 11.4. The average Bonchev–Trinajstić information content (AvgIpc) is 2.72. The average molecular weight is 255 g/mol. The highest BCUT2D eigenvalue weighted by atomic mass is 35.5. The van der Waals surface area contributed by atoms with Crippen LogP contribution in [0.3, 0.4) is 0 Å². The molecule has 2 aromatic rings. The van der Waals surface area contributed by atoms with Gasteiger partial charge in [0.2, 0.25) is 0 Å². The Morgan fingerprint density at radius 3 is 2.76 bits per heavy atom. The van der Waals surface area contributed by atoms with Crippen molar-refractivity contribution in [1.29, 1.82) is 0 Å². The molecule has 7 heteroatoms. The summed E-state index contributed by atoms with van der Waals surface area (Å²) in [5.41, 5.74) is 11.3. The van der Waals surface area contributed by atoms with E-state index in [-0.39, 0.29) is 16.4 Å². The van der Waals surface area contributed by atoms with Crippen molar-refractivity contribution in [3.8, 4) is 5.69 Å². The van der Waals surface area contributed by atoms with Gasteiger partial charge in [0, 0.05) is 12.3 Å². The standard InChI is InChI=1S/C10H8ClFN4O/c11-5-3-7(13)9(4-6(5)12)16-2-1-8(15-16)10(14)17/h1-4H,13H2,(H2,14,17). The molecule has 1 aromatic heterocycles. The molecule has 0 saturated carbocycles. The zero-order chi connectivity index (χ0) is 12.6. The number of aromatic nitrogens is 2. The minimum atomic E-state index is -0.670. The van der Waals surface area contributed by atoms with Crippen molar-refractivity contribution in [2.45, 2.75) is 0 Å². The van der Waals surface area contributed by atoms with E-state index in [1.807, 2.05) is 0 Å². The Hall–Kier alpha value is -2.08. The molecule has 2 rings (SSSR count). The molecule has 0 bridgehead atoms. The van der Waals surface area contributed by atoms with E-state index in [0.29, 0.717) is 5.69 Å². The number of nitrogen functional groups attached to an aromatic ring is 1. The number of rotatable bonds is 2. The maximum absolute atomic E-state index is 13.3. The number of amides is 1. The van der Waals surface area contributed by atoms with Crippen molar-refractivity contribution in [1.82, 2.24) is 9.78 Å². The number of anilines is 1. The van der Waals surface area contributed by atoms with E-state index in [2.05, 4.69) is 5.10 Å². The molecule has 0 atom stereocenters. The molecule has 0 aliphatic heterocycles. The second-order valence-corrected chi connectivity index (χ2v) is 3.74. The largest absolute Gasteiger partial charge is 0.397 e. The van der Waals surface area contributed by atoms with Crippen LogP contribution in [-0.4, -0.2) is 15.7 Å². The van der Waals surface area contributed by atoms with Crippen molar-refractivity contribution in [2.24, 2.45) is 5.73 Å². The molecule has 0 aliphatic carbocycles. The molecule has 4 N–H and O–H groups in total. The van der Waals surface area contributed by atoms with E-state index in [1.54, 1.807) is 0 Å². The van der Waals surface area contributed by atoms with Crippen LogP contribution < -0.4 is 11.5 Å². The van der Waals surface area contributed by atoms with Crippen molar-refractivity contribution < 1.29 is 9.18 Å². The summed E-state index contributed by atoms with van der Waals surface area (Å²) in [4.78, 5) is 10.9. The normalized spacial score (nSPS) is 10.5. The molecular formula is C10H8ClFN4O. The Kier molecular flexibility index (Phi) is 2.72. The van der Waals surface area contributed by atoms with Crippen LogP contribution in [-0.2, 0) is 0 Å². The van der Waals surface area contributed by atoms with Gasteiger partial charge in [0.05, 0.1) is 16.4 Å². The predicted molar refractivity (Wildman–Crippen MR) is 61.5 cm³/mol. The molecular weight excluding hydrogens is 247 g/mol. The molecule has 1 aromatic carbocycles. The molecule has 88 valence electrons. The predicted octanol–water partition coefficient (Wildman–Crippen LogP) is 1.35. The lowest BCUT2D eigenvalue weighted by Gasteiger charge is -2.06. The summed E-state index contributed by atoms with van der Waals surface area (Å²) < 4.78 is 14.5. The Balaban J connectivity index is 2.52. The molecule has 1 heterocycles. The lowest BCUT2D eigenvalue weighted by atomic mass is 10.2. The maximum atomic E-state index is 13.3. The minimum Gasteiger partial charge on any atom is -0.397 e. The summed E-state index contributed by atoms with van der Waals surface area (Å²) in [6, 6.07) is 3.82. The van der Waals surface area contributed by atoms with E-state index in [0.717, 1.165) is 6.07 Å². The second kappa shape index (κ2) is 4.06. The van der Waals surface area contributed by atoms with E-state index in [9.17, 15) is 9.18 Å². The van der Waals surface area contributed by atoms with Gasteiger partial charge in [0.15, 0.2) is 0 Å². The molecule has 17 heavy (non-hydrogen) atoms. The third-order valence-corrected chi connectivity index (χ3v) is 2.45. The van der Waals surface area contributed by atoms with Crippen LogP contribution in [0.2, 0.25) is 5.02 Å². The van der Waals surface area contributed by atoms with Gasteiger partial charge in [-0.15, -0.1) is 0 Å². The Labute approximate surface area is 101 Å². The number of hydrogen-bond donors (Lipinski definition) is 2. The lowest BCUT2D eigenvalue weighted by Crippen LogP contribution is -2.12. The monoisotopic (exact) mass is 254 g/mol. The SMILES string of the molecule is NC(=O)c1ccn(-c2cc(F)c(Cl)cc2N)n1. The van der Waals surface area contributed by atoms with Gasteiger partial charge in [-0.3, -0.25) is 4.79 Å². The van der Waals surface area contributed by atoms with Gasteiger partial charge in [-0.1, -0.05) is 11.6 Å². The van der Waals surface area contributed by atoms with Gasteiger partial charge in [-0.05, 0) is 12.1 Å². The number of nitrogens with two attached hydrogens (primary N) is 2. The molecule has 0 aliphatic rings. The fraction of sp³-hybridized carbons (Fsp3) is 0. The number of hydrogen-bond acceptors (Lipinski definition) is 3. The highest BCUT2D eigenvalue weighted by molar-refractivity contribution is 6.31. The Morgan fingerprint density at radius 2 is 2.18 bits per heavy atom. The van der Waals surface area contributed by atoms with Crippen molar-refractivity contribution in [3.63, 3.8) is 0 Å². The van der Waals surface area contributed by atoms with E-state index in [1.165, 1.54) is 23.0 Å². The summed E-state index contributed by atoms with van der Waals surface area (Å²) in [6.45, 7) is 0. The third-order valence-electron chi connectivity index (χ3n) is 2.16. The van der Waals surface area contributed by atoms with E-state index >= 15 is 0 Å². The zero-order valence-electron chi connectivity index (χ0n) is 8.52. The molecule has 0 saturated heterocycles. The highest BCUT2D eigenvalue weighted by Crippen LogP contribution is 2.24. The quantitative estimate of drug-likeness (QED) is 0.793. The van der Waals surface area contributed by atoms with Crippen molar-refractivity contribution >= 4 is 23.2 Å². The van der Waals surface area contributed by atoms with Gasteiger partial charge in [-0.2, -0.15) is 5.10 Å². The molecule has 0 fully saturated rings. The Bertz CT molecular complexity index is 596. The fourth-order valence-electron chi connectivity index (χ4n) is 1.34. The van der Waals surface area contributed by atoms with Gasteiger partial charge in [0.25, 0.3) is 5.91 Å². The van der Waals surface area contributed by atoms with Crippen molar-refractivity contribution in [2.75, 3.05) is 5.73 Å². The van der Waals surface area contributed by atoms with Gasteiger partial charge in [0.1, 0.15) is 11.5 Å². The second-order valence-electron chi connectivity index (χ2n) is 3.33. The van der Waals surface area contributed by atoms with Gasteiger partial charge in [-0.25, -0.2) is 9.07 Å². The van der Waals surface area contributed by atoms with Crippen LogP contribution in [0.5, 0.6) is 0 Å². The van der Waals surface area contributed by atoms with E-state index < -0.39 is 11.7 Å². The summed E-state index contributed by atoms with van der Waals surface area (Å²) in [6.07, 6.45) is 1.46. The topological polar surface area (TPSA) is 86.9 Å². The van der Waals surface area contributed by atoms with Crippen molar-refractivity contribution in [3.05, 3.63) is 40.9 Å². The third kappa shape index (κ3) is 2.07. The molecule has 0 spiro atoms.